The first-order valence-corrected chi connectivity index (χ1v) is 6.62. The highest BCUT2D eigenvalue weighted by molar-refractivity contribution is 6.01. The molecule has 1 N–H and O–H groups in total. The van der Waals surface area contributed by atoms with Crippen LogP contribution in [0.5, 0.6) is 0 Å². The summed E-state index contributed by atoms with van der Waals surface area (Å²) in [5.74, 6) is 1.06. The minimum absolute atomic E-state index is 0.159. The lowest BCUT2D eigenvalue weighted by atomic mass is 10.2. The molecule has 0 spiro atoms. The topological polar surface area (TPSA) is 81.2 Å². The Hall–Kier alpha value is -2.63. The maximum absolute atomic E-state index is 11.3. The Labute approximate surface area is 121 Å². The second-order valence-corrected chi connectivity index (χ2v) is 4.99. The fraction of sp³-hybridized carbons (Fsp3) is 0.267. The van der Waals surface area contributed by atoms with Crippen LogP contribution in [0.4, 0.5) is 0 Å². The fourth-order valence-electron chi connectivity index (χ4n) is 2.57. The molecule has 0 amide bonds. The highest BCUT2D eigenvalue weighted by Crippen LogP contribution is 2.27. The van der Waals surface area contributed by atoms with E-state index in [4.69, 9.17) is 4.42 Å². The van der Waals surface area contributed by atoms with Gasteiger partial charge in [-0.05, 0) is 32.9 Å². The van der Waals surface area contributed by atoms with E-state index in [1.807, 2.05) is 31.4 Å². The predicted octanol–water partition coefficient (Wildman–Crippen LogP) is 2.95. The van der Waals surface area contributed by atoms with Gasteiger partial charge in [0.05, 0.1) is 17.3 Å². The third-order valence-corrected chi connectivity index (χ3v) is 3.51. The molecule has 1 aromatic carbocycles. The van der Waals surface area contributed by atoms with E-state index < -0.39 is 5.97 Å². The van der Waals surface area contributed by atoms with Gasteiger partial charge in [-0.3, -0.25) is 0 Å². The van der Waals surface area contributed by atoms with E-state index in [2.05, 4.69) is 9.97 Å². The molecule has 0 aliphatic rings. The van der Waals surface area contributed by atoms with E-state index in [0.29, 0.717) is 11.4 Å². The molecule has 0 saturated heterocycles. The van der Waals surface area contributed by atoms with E-state index in [9.17, 15) is 9.90 Å². The molecule has 0 saturated carbocycles. The van der Waals surface area contributed by atoms with Crippen molar-refractivity contribution in [3.63, 3.8) is 0 Å². The van der Waals surface area contributed by atoms with Gasteiger partial charge in [0, 0.05) is 0 Å². The highest BCUT2D eigenvalue weighted by atomic mass is 16.4. The van der Waals surface area contributed by atoms with Gasteiger partial charge in [-0.1, -0.05) is 6.07 Å². The molecule has 0 fully saturated rings. The van der Waals surface area contributed by atoms with Crippen molar-refractivity contribution in [1.29, 1.82) is 0 Å². The van der Waals surface area contributed by atoms with Gasteiger partial charge in [0.2, 0.25) is 5.89 Å². The van der Waals surface area contributed by atoms with Crippen LogP contribution < -0.4 is 0 Å². The molecule has 0 aliphatic carbocycles. The van der Waals surface area contributed by atoms with E-state index in [1.54, 1.807) is 18.3 Å². The van der Waals surface area contributed by atoms with Crippen LogP contribution in [0.15, 0.2) is 28.8 Å². The van der Waals surface area contributed by atoms with Crippen LogP contribution in [0.1, 0.15) is 40.8 Å². The summed E-state index contributed by atoms with van der Waals surface area (Å²) in [6.45, 7) is 5.63. The van der Waals surface area contributed by atoms with Gasteiger partial charge in [-0.15, -0.1) is 0 Å². The second-order valence-electron chi connectivity index (χ2n) is 4.99. The van der Waals surface area contributed by atoms with Crippen molar-refractivity contribution >= 4 is 17.0 Å². The number of benzene rings is 1. The third kappa shape index (κ3) is 2.08. The minimum Gasteiger partial charge on any atom is -0.478 e. The van der Waals surface area contributed by atoms with Crippen molar-refractivity contribution in [2.24, 2.45) is 0 Å². The lowest BCUT2D eigenvalue weighted by Crippen LogP contribution is -2.09. The summed E-state index contributed by atoms with van der Waals surface area (Å²) in [6, 6.07) is 4.97. The number of rotatable bonds is 3. The van der Waals surface area contributed by atoms with Crippen LogP contribution in [0, 0.1) is 13.8 Å². The Morgan fingerprint density at radius 2 is 2.14 bits per heavy atom. The number of aromatic carboxylic acids is 1. The van der Waals surface area contributed by atoms with E-state index >= 15 is 0 Å². The van der Waals surface area contributed by atoms with Crippen molar-refractivity contribution in [2.75, 3.05) is 0 Å². The number of fused-ring (bicyclic) bond motifs is 1. The van der Waals surface area contributed by atoms with Gasteiger partial charge in [0.1, 0.15) is 23.1 Å². The maximum Gasteiger partial charge on any atom is 0.337 e. The molecular formula is C15H15N3O3. The van der Waals surface area contributed by atoms with Crippen LogP contribution in [-0.4, -0.2) is 25.6 Å². The monoisotopic (exact) mass is 285 g/mol. The van der Waals surface area contributed by atoms with Crippen LogP contribution >= 0.6 is 0 Å². The summed E-state index contributed by atoms with van der Waals surface area (Å²) in [5, 5.41) is 9.26. The average molecular weight is 285 g/mol. The van der Waals surface area contributed by atoms with E-state index in [0.717, 1.165) is 17.1 Å². The normalized spacial score (nSPS) is 12.7. The van der Waals surface area contributed by atoms with Crippen molar-refractivity contribution in [3.8, 4) is 0 Å². The number of hydrogen-bond donors (Lipinski definition) is 1. The van der Waals surface area contributed by atoms with E-state index in [1.165, 1.54) is 0 Å². The number of nitrogens with zero attached hydrogens (tertiary/aromatic N) is 3. The number of carboxylic acids is 1. The molecule has 6 heteroatoms. The van der Waals surface area contributed by atoms with Gasteiger partial charge in [-0.25, -0.2) is 14.8 Å². The number of aromatic nitrogens is 3. The second kappa shape index (κ2) is 4.73. The first-order valence-electron chi connectivity index (χ1n) is 6.62. The molecule has 6 nitrogen and oxygen atoms in total. The number of hydrogen-bond acceptors (Lipinski definition) is 4. The first-order chi connectivity index (χ1) is 9.99. The average Bonchev–Trinajstić information content (AvgIpc) is 3.00. The number of carboxylic acid groups (broad SMARTS) is 1. The summed E-state index contributed by atoms with van der Waals surface area (Å²) < 4.78 is 7.51. The largest absolute Gasteiger partial charge is 0.478 e. The van der Waals surface area contributed by atoms with Crippen LogP contribution in [-0.2, 0) is 0 Å². The van der Waals surface area contributed by atoms with Crippen LogP contribution in [0.3, 0.4) is 0 Å². The summed E-state index contributed by atoms with van der Waals surface area (Å²) in [6.07, 6.45) is 1.67. The Kier molecular flexibility index (Phi) is 3.01. The Bertz CT molecular complexity index is 832. The molecule has 0 aliphatic heterocycles. The Morgan fingerprint density at radius 3 is 2.76 bits per heavy atom. The van der Waals surface area contributed by atoms with Crippen LogP contribution in [0.25, 0.3) is 11.0 Å². The quantitative estimate of drug-likeness (QED) is 0.800. The van der Waals surface area contributed by atoms with Gasteiger partial charge < -0.3 is 14.1 Å². The smallest absolute Gasteiger partial charge is 0.337 e. The van der Waals surface area contributed by atoms with Crippen LogP contribution in [0.2, 0.25) is 0 Å². The molecule has 0 bridgehead atoms. The van der Waals surface area contributed by atoms with Gasteiger partial charge >= 0.3 is 5.97 Å². The lowest BCUT2D eigenvalue weighted by Gasteiger charge is -2.13. The lowest BCUT2D eigenvalue weighted by molar-refractivity contribution is 0.0699. The molecular weight excluding hydrogens is 270 g/mol. The van der Waals surface area contributed by atoms with Crippen molar-refractivity contribution in [1.82, 2.24) is 14.5 Å². The molecule has 21 heavy (non-hydrogen) atoms. The number of aryl methyl sites for hydroxylation is 2. The molecule has 108 valence electrons. The zero-order valence-electron chi connectivity index (χ0n) is 12.0. The molecule has 0 radical (unpaired) electrons. The molecule has 2 heterocycles. The summed E-state index contributed by atoms with van der Waals surface area (Å²) in [4.78, 5) is 19.9. The van der Waals surface area contributed by atoms with Gasteiger partial charge in [-0.2, -0.15) is 0 Å². The van der Waals surface area contributed by atoms with Gasteiger partial charge in [0.25, 0.3) is 0 Å². The molecule has 3 rings (SSSR count). The molecule has 1 unspecified atom stereocenters. The molecule has 3 aromatic rings. The fourth-order valence-corrected chi connectivity index (χ4v) is 2.57. The Morgan fingerprint density at radius 1 is 1.38 bits per heavy atom. The van der Waals surface area contributed by atoms with E-state index in [-0.39, 0.29) is 11.6 Å². The number of imidazole rings is 1. The summed E-state index contributed by atoms with van der Waals surface area (Å²) >= 11 is 0. The first kappa shape index (κ1) is 13.4. The molecule has 1 atom stereocenters. The SMILES string of the molecule is Cc1cnc(C(C)n2c(C)nc3c(C(=O)O)cccc32)o1. The number of para-hydroxylation sites is 1. The Balaban J connectivity index is 2.21. The number of oxazole rings is 1. The maximum atomic E-state index is 11.3. The predicted molar refractivity (Wildman–Crippen MR) is 76.5 cm³/mol. The number of carbonyl (C=O) groups is 1. The summed E-state index contributed by atoms with van der Waals surface area (Å²) in [7, 11) is 0. The molecule has 2 aromatic heterocycles. The van der Waals surface area contributed by atoms with Crippen molar-refractivity contribution in [3.05, 3.63) is 47.4 Å². The third-order valence-electron chi connectivity index (χ3n) is 3.51. The highest BCUT2D eigenvalue weighted by Gasteiger charge is 2.21. The zero-order valence-corrected chi connectivity index (χ0v) is 12.0. The van der Waals surface area contributed by atoms with Crippen molar-refractivity contribution < 1.29 is 14.3 Å². The zero-order chi connectivity index (χ0) is 15.1. The van der Waals surface area contributed by atoms with Crippen molar-refractivity contribution in [2.45, 2.75) is 26.8 Å². The minimum atomic E-state index is -0.982. The standard InChI is InChI=1S/C15H15N3O3/c1-8-7-16-14(21-8)9(2)18-10(3)17-13-11(15(19)20)5-4-6-12(13)18/h4-7,9H,1-3H3,(H,19,20). The summed E-state index contributed by atoms with van der Waals surface area (Å²) in [5.41, 5.74) is 1.44. The van der Waals surface area contributed by atoms with Gasteiger partial charge in [0.15, 0.2) is 0 Å².